The maximum atomic E-state index is 6.61. The van der Waals surface area contributed by atoms with Crippen LogP contribution in [0.25, 0.3) is 0 Å². The summed E-state index contributed by atoms with van der Waals surface area (Å²) in [7, 11) is -3.52. The molecule has 30 heavy (non-hydrogen) atoms. The van der Waals surface area contributed by atoms with Gasteiger partial charge in [0.15, 0.2) is 0 Å². The molecule has 0 spiro atoms. The van der Waals surface area contributed by atoms with E-state index in [1.54, 1.807) is 0 Å². The fourth-order valence-corrected chi connectivity index (χ4v) is 13.8. The molecule has 9 heteroatoms. The van der Waals surface area contributed by atoms with Crippen molar-refractivity contribution in [2.24, 2.45) is 0 Å². The summed E-state index contributed by atoms with van der Waals surface area (Å²) in [6.45, 7) is 19.6. The summed E-state index contributed by atoms with van der Waals surface area (Å²) in [5.41, 5.74) is 0. The van der Waals surface area contributed by atoms with Gasteiger partial charge in [-0.15, -0.1) is 0 Å². The van der Waals surface area contributed by atoms with Gasteiger partial charge in [-0.1, -0.05) is 0 Å². The second kappa shape index (κ2) is 17.3. The van der Waals surface area contributed by atoms with Crippen LogP contribution in [0.1, 0.15) is 101 Å². The van der Waals surface area contributed by atoms with Crippen LogP contribution in [0.2, 0.25) is 0 Å². The van der Waals surface area contributed by atoms with Gasteiger partial charge in [0.2, 0.25) is 0 Å². The maximum absolute atomic E-state index is 6.61. The van der Waals surface area contributed by atoms with Gasteiger partial charge in [-0.3, -0.25) is 0 Å². The van der Waals surface area contributed by atoms with Crippen molar-refractivity contribution >= 4 is 9.05 Å². The van der Waals surface area contributed by atoms with E-state index in [0.29, 0.717) is 19.8 Å². The molecule has 0 aromatic carbocycles. The van der Waals surface area contributed by atoms with Crippen LogP contribution in [0.4, 0.5) is 0 Å². The van der Waals surface area contributed by atoms with E-state index < -0.39 is 31.1 Å². The van der Waals surface area contributed by atoms with Crippen molar-refractivity contribution in [3.05, 3.63) is 0 Å². The standard InChI is InChI=1S/C12H27O4Si.3C3H7O.Zr/c1-4-7-10-14-17(13,15-11-8-5-2)16-12-9-6-3;3*1-3(2)4;/h4-12H2,1-3H3;3*3H,1-2H3;/q4*-1;+4. The van der Waals surface area contributed by atoms with Crippen molar-refractivity contribution in [3.8, 4) is 0 Å². The Bertz CT molecular complexity index is 358. The first-order valence-corrected chi connectivity index (χ1v) is 17.4. The van der Waals surface area contributed by atoms with Gasteiger partial charge in [-0.05, 0) is 0 Å². The monoisotopic (exact) mass is 530 g/mol. The molecule has 0 aromatic heterocycles. The number of unbranched alkanes of at least 4 members (excludes halogenated alkanes) is 3. The molecular formula is C21H48O7SiZr. The molecule has 0 fully saturated rings. The third-order valence-corrected chi connectivity index (χ3v) is 15.2. The van der Waals surface area contributed by atoms with Crippen LogP contribution in [-0.2, 0) is 46.2 Å². The normalized spacial score (nSPS) is 13.2. The summed E-state index contributed by atoms with van der Waals surface area (Å²) in [6.07, 6.45) is 5.37. The SMILES string of the molecule is CCCCO[Si](OCCCC)(OCCCC)[O][Zr]([O]C(C)C)([O]C(C)C)[O]C(C)C. The van der Waals surface area contributed by atoms with E-state index >= 15 is 0 Å². The molecule has 0 saturated carbocycles. The number of hydrogen-bond acceptors (Lipinski definition) is 7. The van der Waals surface area contributed by atoms with Gasteiger partial charge in [-0.25, -0.2) is 0 Å². The molecular weight excluding hydrogens is 484 g/mol. The molecule has 182 valence electrons. The summed E-state index contributed by atoms with van der Waals surface area (Å²) in [4.78, 5) is 0. The van der Waals surface area contributed by atoms with E-state index in [4.69, 9.17) is 24.2 Å². The summed E-state index contributed by atoms with van der Waals surface area (Å²) >= 11 is -4.56. The molecule has 0 aromatic rings. The van der Waals surface area contributed by atoms with Crippen LogP contribution in [0.3, 0.4) is 0 Å². The third kappa shape index (κ3) is 14.1. The summed E-state index contributed by atoms with van der Waals surface area (Å²) < 4.78 is 44.2. The zero-order valence-electron chi connectivity index (χ0n) is 21.0. The molecule has 0 aliphatic rings. The van der Waals surface area contributed by atoms with Crippen molar-refractivity contribution in [1.82, 2.24) is 0 Å². The van der Waals surface area contributed by atoms with E-state index in [9.17, 15) is 0 Å². The molecule has 0 N–H and O–H groups in total. The van der Waals surface area contributed by atoms with Crippen molar-refractivity contribution in [2.75, 3.05) is 19.8 Å². The predicted molar refractivity (Wildman–Crippen MR) is 118 cm³/mol. The molecule has 0 atom stereocenters. The fraction of sp³-hybridized carbons (Fsp3) is 1.00. The van der Waals surface area contributed by atoms with Crippen molar-refractivity contribution < 1.29 is 46.2 Å². The summed E-state index contributed by atoms with van der Waals surface area (Å²) in [6, 6.07) is 0. The van der Waals surface area contributed by atoms with Crippen LogP contribution in [0, 0.1) is 0 Å². The first-order valence-electron chi connectivity index (χ1n) is 11.8. The molecule has 7 nitrogen and oxygen atoms in total. The second-order valence-electron chi connectivity index (χ2n) is 8.21. The number of hydrogen-bond donors (Lipinski definition) is 0. The Kier molecular flexibility index (Phi) is 17.8. The van der Waals surface area contributed by atoms with Gasteiger partial charge in [0.05, 0.1) is 0 Å². The Balaban J connectivity index is 5.97. The first-order chi connectivity index (χ1) is 14.1. The van der Waals surface area contributed by atoms with Crippen molar-refractivity contribution in [2.45, 2.75) is 119 Å². The van der Waals surface area contributed by atoms with E-state index in [1.165, 1.54) is 0 Å². The molecule has 0 aliphatic heterocycles. The minimum absolute atomic E-state index is 0.119. The molecule has 0 heterocycles. The molecule has 0 amide bonds. The Morgan fingerprint density at radius 2 is 0.867 bits per heavy atom. The third-order valence-electron chi connectivity index (χ3n) is 3.72. The summed E-state index contributed by atoms with van der Waals surface area (Å²) in [5, 5.41) is 0. The quantitative estimate of drug-likeness (QED) is 0.141. The molecule has 0 unspecified atom stereocenters. The average Bonchev–Trinajstić information content (AvgIpc) is 2.60. The zero-order valence-corrected chi connectivity index (χ0v) is 24.4. The first kappa shape index (κ1) is 30.8. The molecule has 0 aliphatic carbocycles. The van der Waals surface area contributed by atoms with Crippen LogP contribution >= 0.6 is 0 Å². The Morgan fingerprint density at radius 1 is 0.567 bits per heavy atom. The molecule has 0 radical (unpaired) electrons. The molecule has 0 saturated heterocycles. The predicted octanol–water partition coefficient (Wildman–Crippen LogP) is 5.98. The van der Waals surface area contributed by atoms with E-state index in [-0.39, 0.29) is 18.3 Å². The Morgan fingerprint density at radius 3 is 1.10 bits per heavy atom. The van der Waals surface area contributed by atoms with Crippen molar-refractivity contribution in [1.29, 1.82) is 0 Å². The average molecular weight is 532 g/mol. The Labute approximate surface area is 193 Å². The van der Waals surface area contributed by atoms with Crippen LogP contribution < -0.4 is 0 Å². The number of rotatable bonds is 20. The van der Waals surface area contributed by atoms with E-state index in [1.807, 2.05) is 41.5 Å². The van der Waals surface area contributed by atoms with Crippen LogP contribution in [0.5, 0.6) is 0 Å². The second-order valence-corrected chi connectivity index (χ2v) is 16.0. The molecule has 0 bridgehead atoms. The molecule has 0 rings (SSSR count). The fourth-order valence-electron chi connectivity index (χ4n) is 2.41. The van der Waals surface area contributed by atoms with Gasteiger partial charge < -0.3 is 0 Å². The van der Waals surface area contributed by atoms with Gasteiger partial charge in [-0.2, -0.15) is 0 Å². The van der Waals surface area contributed by atoms with Gasteiger partial charge in [0, 0.05) is 0 Å². The summed E-state index contributed by atoms with van der Waals surface area (Å²) in [5.74, 6) is 0. The van der Waals surface area contributed by atoms with Crippen molar-refractivity contribution in [3.63, 3.8) is 0 Å². The van der Waals surface area contributed by atoms with Crippen LogP contribution in [0.15, 0.2) is 0 Å². The van der Waals surface area contributed by atoms with E-state index in [2.05, 4.69) is 20.8 Å². The minimum atomic E-state index is -4.56. The Hall–Kier alpha value is 0.820. The van der Waals surface area contributed by atoms with Gasteiger partial charge >= 0.3 is 194 Å². The van der Waals surface area contributed by atoms with Gasteiger partial charge in [0.1, 0.15) is 0 Å². The topological polar surface area (TPSA) is 64.6 Å². The zero-order chi connectivity index (χ0) is 23.0. The van der Waals surface area contributed by atoms with Gasteiger partial charge in [0.25, 0.3) is 0 Å². The van der Waals surface area contributed by atoms with Crippen LogP contribution in [-0.4, -0.2) is 47.2 Å². The van der Waals surface area contributed by atoms with E-state index in [0.717, 1.165) is 38.5 Å².